The van der Waals surface area contributed by atoms with Crippen molar-refractivity contribution in [3.8, 4) is 11.5 Å². The average Bonchev–Trinajstić information content (AvgIpc) is 2.99. The minimum absolute atomic E-state index is 0.136. The molecule has 0 aromatic heterocycles. The van der Waals surface area contributed by atoms with Gasteiger partial charge in [-0.3, -0.25) is 0 Å². The molecule has 218 valence electrons. The van der Waals surface area contributed by atoms with Gasteiger partial charge in [0.1, 0.15) is 0 Å². The molecule has 0 heterocycles. The Balaban J connectivity index is 1.37. The van der Waals surface area contributed by atoms with Crippen LogP contribution in [0.2, 0.25) is 0 Å². The standard InChI is InChI=1S/C29H23N5O7S2/c1-43(37,38)39-27-18-19-17-24(30-20-5-3-2-4-6-20)13-16-26(19)29(35)28(27)34-33-22-9-7-21(8-10-22)31-32-23-11-14-25(15-12-23)42-41-40-36/h2-18,30,35-36H,1H3. The van der Waals surface area contributed by atoms with Crippen LogP contribution in [-0.2, 0) is 19.5 Å². The van der Waals surface area contributed by atoms with Gasteiger partial charge in [-0.1, -0.05) is 23.2 Å². The number of hydrogen-bond acceptors (Lipinski definition) is 13. The zero-order valence-electron chi connectivity index (χ0n) is 22.4. The van der Waals surface area contributed by atoms with Crippen molar-refractivity contribution in [2.75, 3.05) is 11.6 Å². The molecule has 14 heteroatoms. The van der Waals surface area contributed by atoms with Gasteiger partial charge in [0.05, 0.1) is 35.4 Å². The Labute approximate surface area is 250 Å². The molecule has 0 bridgehead atoms. The summed E-state index contributed by atoms with van der Waals surface area (Å²) in [5.74, 6) is -0.449. The third-order valence-electron chi connectivity index (χ3n) is 5.75. The number of para-hydroxylation sites is 1. The number of azo groups is 2. The van der Waals surface area contributed by atoms with E-state index in [-0.39, 0.29) is 17.2 Å². The molecule has 0 saturated carbocycles. The summed E-state index contributed by atoms with van der Waals surface area (Å²) in [6.45, 7) is 0. The van der Waals surface area contributed by atoms with E-state index in [9.17, 15) is 13.5 Å². The number of nitrogens with one attached hydrogen (secondary N) is 1. The Morgan fingerprint density at radius 3 is 1.95 bits per heavy atom. The maximum absolute atomic E-state index is 12.0. The summed E-state index contributed by atoms with van der Waals surface area (Å²) in [6.07, 6.45) is 0.907. The molecule has 43 heavy (non-hydrogen) atoms. The normalized spacial score (nSPS) is 11.9. The summed E-state index contributed by atoms with van der Waals surface area (Å²) in [6, 6.07) is 29.7. The predicted octanol–water partition coefficient (Wildman–Crippen LogP) is 8.89. The topological polar surface area (TPSA) is 164 Å². The molecule has 0 saturated heterocycles. The molecule has 5 aromatic rings. The average molecular weight is 618 g/mol. The van der Waals surface area contributed by atoms with Crippen molar-refractivity contribution in [3.05, 3.63) is 103 Å². The predicted molar refractivity (Wildman–Crippen MR) is 163 cm³/mol. The minimum atomic E-state index is -3.94. The SMILES string of the molecule is CS(=O)(=O)Oc1cc2cc(Nc3ccccc3)ccc2c(O)c1N=Nc1ccc(N=Nc2ccc(SOOO)cc2)cc1. The van der Waals surface area contributed by atoms with Crippen LogP contribution in [0, 0.1) is 0 Å². The maximum Gasteiger partial charge on any atom is 0.306 e. The lowest BCUT2D eigenvalue weighted by Crippen LogP contribution is -2.06. The molecule has 12 nitrogen and oxygen atoms in total. The molecule has 0 fully saturated rings. The number of benzene rings is 5. The van der Waals surface area contributed by atoms with Crippen molar-refractivity contribution >= 4 is 67.1 Å². The highest BCUT2D eigenvalue weighted by atomic mass is 32.2. The van der Waals surface area contributed by atoms with E-state index >= 15 is 0 Å². The molecule has 0 aliphatic carbocycles. The van der Waals surface area contributed by atoms with Crippen LogP contribution in [0.1, 0.15) is 0 Å². The largest absolute Gasteiger partial charge is 0.505 e. The van der Waals surface area contributed by atoms with Crippen LogP contribution in [0.3, 0.4) is 0 Å². The van der Waals surface area contributed by atoms with Gasteiger partial charge < -0.3 is 14.6 Å². The Morgan fingerprint density at radius 2 is 1.35 bits per heavy atom. The zero-order chi connectivity index (χ0) is 30.2. The number of hydrogen-bond donors (Lipinski definition) is 3. The fourth-order valence-corrected chi connectivity index (χ4v) is 4.68. The highest BCUT2D eigenvalue weighted by Crippen LogP contribution is 2.45. The molecule has 0 radical (unpaired) electrons. The summed E-state index contributed by atoms with van der Waals surface area (Å²) in [4.78, 5) is 0.690. The molecule has 3 N–H and O–H groups in total. The summed E-state index contributed by atoms with van der Waals surface area (Å²) in [5.41, 5.74) is 3.01. The second-order valence-corrected chi connectivity index (χ2v) is 11.3. The molecule has 0 aliphatic rings. The van der Waals surface area contributed by atoms with E-state index in [1.165, 1.54) is 6.07 Å². The van der Waals surface area contributed by atoms with Gasteiger partial charge in [0.25, 0.3) is 0 Å². The third kappa shape index (κ3) is 8.12. The fraction of sp³-hybridized carbons (Fsp3) is 0.0345. The summed E-state index contributed by atoms with van der Waals surface area (Å²) in [5, 5.41) is 43.7. The smallest absolute Gasteiger partial charge is 0.306 e. The number of nitrogens with zero attached hydrogens (tertiary/aromatic N) is 4. The minimum Gasteiger partial charge on any atom is -0.505 e. The summed E-state index contributed by atoms with van der Waals surface area (Å²) in [7, 11) is -3.94. The molecular formula is C29H23N5O7S2. The molecule has 0 unspecified atom stereocenters. The van der Waals surface area contributed by atoms with Crippen molar-refractivity contribution in [3.63, 3.8) is 0 Å². The van der Waals surface area contributed by atoms with Gasteiger partial charge in [-0.15, -0.1) is 9.45 Å². The zero-order valence-corrected chi connectivity index (χ0v) is 24.0. The van der Waals surface area contributed by atoms with Gasteiger partial charge in [-0.05, 0) is 90.3 Å². The van der Waals surface area contributed by atoms with Crippen LogP contribution in [0.4, 0.5) is 34.1 Å². The van der Waals surface area contributed by atoms with Crippen molar-refractivity contribution in [2.45, 2.75) is 4.90 Å². The molecule has 0 aliphatic heterocycles. The lowest BCUT2D eigenvalue weighted by atomic mass is 10.1. The molecule has 5 aromatic carbocycles. The van der Waals surface area contributed by atoms with Crippen LogP contribution in [0.5, 0.6) is 11.5 Å². The number of fused-ring (bicyclic) bond motifs is 1. The molecule has 0 amide bonds. The van der Waals surface area contributed by atoms with E-state index < -0.39 is 10.1 Å². The van der Waals surface area contributed by atoms with Crippen molar-refractivity contribution in [1.29, 1.82) is 0 Å². The highest BCUT2D eigenvalue weighted by molar-refractivity contribution is 7.94. The lowest BCUT2D eigenvalue weighted by molar-refractivity contribution is -0.432. The van der Waals surface area contributed by atoms with E-state index in [1.807, 2.05) is 30.3 Å². The molecule has 0 atom stereocenters. The van der Waals surface area contributed by atoms with Crippen molar-refractivity contribution < 1.29 is 32.3 Å². The third-order valence-corrected chi connectivity index (χ3v) is 6.82. The fourth-order valence-electron chi connectivity index (χ4n) is 3.87. The number of anilines is 2. The second kappa shape index (κ2) is 13.4. The van der Waals surface area contributed by atoms with Gasteiger partial charge >= 0.3 is 10.1 Å². The van der Waals surface area contributed by atoms with Crippen LogP contribution < -0.4 is 9.50 Å². The number of rotatable bonds is 11. The number of phenols is 1. The lowest BCUT2D eigenvalue weighted by Gasteiger charge is -2.12. The van der Waals surface area contributed by atoms with E-state index in [1.54, 1.807) is 66.7 Å². The van der Waals surface area contributed by atoms with Crippen LogP contribution >= 0.6 is 12.0 Å². The number of phenolic OH excluding ortho intramolecular Hbond substituents is 1. The van der Waals surface area contributed by atoms with Crippen LogP contribution in [0.15, 0.2) is 128 Å². The van der Waals surface area contributed by atoms with Crippen LogP contribution in [-0.4, -0.2) is 25.0 Å². The molecule has 5 rings (SSSR count). The first-order chi connectivity index (χ1) is 20.8. The highest BCUT2D eigenvalue weighted by Gasteiger charge is 2.18. The van der Waals surface area contributed by atoms with Gasteiger partial charge in [0, 0.05) is 21.7 Å². The quantitative estimate of drug-likeness (QED) is 0.0431. The first-order valence-electron chi connectivity index (χ1n) is 12.5. The Hall–Kier alpha value is -4.86. The van der Waals surface area contributed by atoms with Gasteiger partial charge in [0.15, 0.2) is 17.2 Å². The van der Waals surface area contributed by atoms with Crippen molar-refractivity contribution in [1.82, 2.24) is 0 Å². The van der Waals surface area contributed by atoms with E-state index in [4.69, 9.17) is 9.44 Å². The van der Waals surface area contributed by atoms with Crippen LogP contribution in [0.25, 0.3) is 10.8 Å². The monoisotopic (exact) mass is 617 g/mol. The Kier molecular flexibility index (Phi) is 9.24. The number of aromatic hydroxyl groups is 1. The Bertz CT molecular complexity index is 1890. The molecular weight excluding hydrogens is 594 g/mol. The van der Waals surface area contributed by atoms with E-state index in [2.05, 4.69) is 35.1 Å². The summed E-state index contributed by atoms with van der Waals surface area (Å²) >= 11 is 0.834. The van der Waals surface area contributed by atoms with E-state index in [0.717, 1.165) is 29.7 Å². The van der Waals surface area contributed by atoms with E-state index in [0.29, 0.717) is 32.7 Å². The first-order valence-corrected chi connectivity index (χ1v) is 15.0. The van der Waals surface area contributed by atoms with Gasteiger partial charge in [-0.2, -0.15) is 23.8 Å². The summed E-state index contributed by atoms with van der Waals surface area (Å²) < 4.78 is 33.6. The first kappa shape index (κ1) is 29.6. The maximum atomic E-state index is 12.0. The van der Waals surface area contributed by atoms with Gasteiger partial charge in [0.2, 0.25) is 0 Å². The Morgan fingerprint density at radius 1 is 0.744 bits per heavy atom. The van der Waals surface area contributed by atoms with Gasteiger partial charge in [-0.25, -0.2) is 5.26 Å². The van der Waals surface area contributed by atoms with Crippen molar-refractivity contribution in [2.24, 2.45) is 20.5 Å². The molecule has 0 spiro atoms. The second-order valence-electron chi connectivity index (χ2n) is 8.92.